The average Bonchev–Trinajstić information content (AvgIpc) is 2.49. The Labute approximate surface area is 130 Å². The maximum absolute atomic E-state index is 4.32. The zero-order chi connectivity index (χ0) is 14.2. The Bertz CT molecular complexity index is 405. The molecule has 1 aromatic rings. The fraction of sp³-hybridized carbons (Fsp3) is 0.733. The quantitative estimate of drug-likeness (QED) is 0.770. The molecule has 1 heterocycles. The molecular weight excluding hydrogens is 316 g/mol. The van der Waals surface area contributed by atoms with Gasteiger partial charge in [0, 0.05) is 13.1 Å². The summed E-state index contributed by atoms with van der Waals surface area (Å²) < 4.78 is 0.942. The molecule has 0 unspecified atom stereocenters. The summed E-state index contributed by atoms with van der Waals surface area (Å²) >= 11 is 3.59. The van der Waals surface area contributed by atoms with Crippen molar-refractivity contribution in [2.75, 3.05) is 23.7 Å². The first-order chi connectivity index (χ1) is 9.81. The van der Waals surface area contributed by atoms with E-state index in [0.717, 1.165) is 41.5 Å². The predicted molar refractivity (Wildman–Crippen MR) is 88.2 cm³/mol. The number of anilines is 2. The molecular formula is C15H25BrN4. The lowest BCUT2D eigenvalue weighted by Crippen LogP contribution is -2.13. The first kappa shape index (κ1) is 15.5. The Kier molecular flexibility index (Phi) is 6.57. The zero-order valence-corrected chi connectivity index (χ0v) is 13.9. The van der Waals surface area contributed by atoms with Gasteiger partial charge in [0.15, 0.2) is 0 Å². The molecule has 0 bridgehead atoms. The van der Waals surface area contributed by atoms with E-state index in [1.165, 1.54) is 38.5 Å². The van der Waals surface area contributed by atoms with Gasteiger partial charge in [-0.2, -0.15) is 0 Å². The van der Waals surface area contributed by atoms with Crippen molar-refractivity contribution in [3.8, 4) is 0 Å². The summed E-state index contributed by atoms with van der Waals surface area (Å²) in [5.41, 5.74) is 0. The van der Waals surface area contributed by atoms with Crippen molar-refractivity contribution < 1.29 is 0 Å². The van der Waals surface area contributed by atoms with E-state index in [1.54, 1.807) is 6.33 Å². The van der Waals surface area contributed by atoms with Crippen LogP contribution in [0.15, 0.2) is 10.8 Å². The maximum Gasteiger partial charge on any atom is 0.145 e. The van der Waals surface area contributed by atoms with Crippen LogP contribution < -0.4 is 10.6 Å². The largest absolute Gasteiger partial charge is 0.369 e. The highest BCUT2D eigenvalue weighted by Crippen LogP contribution is 2.28. The molecule has 1 saturated carbocycles. The minimum absolute atomic E-state index is 0.877. The van der Waals surface area contributed by atoms with Crippen LogP contribution in [-0.2, 0) is 0 Å². The first-order valence-electron chi connectivity index (χ1n) is 7.79. The van der Waals surface area contributed by atoms with Gasteiger partial charge < -0.3 is 10.6 Å². The molecule has 1 aromatic heterocycles. The maximum atomic E-state index is 4.32. The summed E-state index contributed by atoms with van der Waals surface area (Å²) in [5, 5.41) is 6.74. The third-order valence-corrected chi connectivity index (χ3v) is 4.65. The summed E-state index contributed by atoms with van der Waals surface area (Å²) in [6.45, 7) is 4.07. The minimum atomic E-state index is 0.877. The second kappa shape index (κ2) is 8.45. The second-order valence-corrected chi connectivity index (χ2v) is 6.32. The first-order valence-corrected chi connectivity index (χ1v) is 8.58. The molecule has 1 fully saturated rings. The van der Waals surface area contributed by atoms with Gasteiger partial charge in [-0.1, -0.05) is 39.0 Å². The second-order valence-electron chi connectivity index (χ2n) is 5.53. The Balaban J connectivity index is 1.82. The normalized spacial score (nSPS) is 16.1. The molecule has 0 spiro atoms. The number of halogens is 1. The summed E-state index contributed by atoms with van der Waals surface area (Å²) in [5.74, 6) is 2.67. The highest BCUT2D eigenvalue weighted by molar-refractivity contribution is 9.10. The smallest absolute Gasteiger partial charge is 0.145 e. The molecule has 0 atom stereocenters. The lowest BCUT2D eigenvalue weighted by atomic mass is 9.87. The van der Waals surface area contributed by atoms with Crippen molar-refractivity contribution in [2.24, 2.45) is 5.92 Å². The fourth-order valence-corrected chi connectivity index (χ4v) is 3.22. The molecule has 2 rings (SSSR count). The van der Waals surface area contributed by atoms with Gasteiger partial charge in [0.05, 0.1) is 0 Å². The van der Waals surface area contributed by atoms with Gasteiger partial charge in [0.2, 0.25) is 0 Å². The average molecular weight is 341 g/mol. The van der Waals surface area contributed by atoms with E-state index in [4.69, 9.17) is 0 Å². The van der Waals surface area contributed by atoms with Gasteiger partial charge in [-0.25, -0.2) is 9.97 Å². The van der Waals surface area contributed by atoms with E-state index in [1.807, 2.05) is 0 Å². The molecule has 1 aliphatic rings. The van der Waals surface area contributed by atoms with E-state index in [9.17, 15) is 0 Å². The van der Waals surface area contributed by atoms with Crippen LogP contribution in [0, 0.1) is 5.92 Å². The Morgan fingerprint density at radius 1 is 1.10 bits per heavy atom. The summed E-state index contributed by atoms with van der Waals surface area (Å²) in [4.78, 5) is 8.59. The van der Waals surface area contributed by atoms with Gasteiger partial charge in [-0.15, -0.1) is 0 Å². The topological polar surface area (TPSA) is 49.8 Å². The van der Waals surface area contributed by atoms with E-state index in [2.05, 4.69) is 43.5 Å². The molecule has 1 aliphatic carbocycles. The standard InChI is InChI=1S/C15H25BrN4/c1-2-9-17-14-13(16)15(20-11-19-14)18-10-8-12-6-4-3-5-7-12/h11-12H,2-10H2,1H3,(H2,17,18,19,20). The third kappa shape index (κ3) is 4.62. The van der Waals surface area contributed by atoms with Gasteiger partial charge in [-0.05, 0) is 34.7 Å². The molecule has 5 heteroatoms. The highest BCUT2D eigenvalue weighted by Gasteiger charge is 2.13. The van der Waals surface area contributed by atoms with E-state index >= 15 is 0 Å². The summed E-state index contributed by atoms with van der Waals surface area (Å²) in [6, 6.07) is 0. The van der Waals surface area contributed by atoms with Crippen molar-refractivity contribution in [3.63, 3.8) is 0 Å². The predicted octanol–water partition coefficient (Wildman–Crippen LogP) is 4.44. The van der Waals surface area contributed by atoms with Crippen LogP contribution in [0.3, 0.4) is 0 Å². The van der Waals surface area contributed by atoms with Gasteiger partial charge in [-0.3, -0.25) is 0 Å². The van der Waals surface area contributed by atoms with Crippen molar-refractivity contribution in [1.82, 2.24) is 9.97 Å². The number of aromatic nitrogens is 2. The van der Waals surface area contributed by atoms with Gasteiger partial charge in [0.1, 0.15) is 22.4 Å². The van der Waals surface area contributed by atoms with Crippen LogP contribution in [0.1, 0.15) is 51.9 Å². The zero-order valence-electron chi connectivity index (χ0n) is 12.3. The van der Waals surface area contributed by atoms with Crippen LogP contribution in [0.5, 0.6) is 0 Å². The van der Waals surface area contributed by atoms with Crippen LogP contribution in [0.25, 0.3) is 0 Å². The lowest BCUT2D eigenvalue weighted by molar-refractivity contribution is 0.345. The van der Waals surface area contributed by atoms with Crippen LogP contribution >= 0.6 is 15.9 Å². The van der Waals surface area contributed by atoms with Crippen LogP contribution in [0.2, 0.25) is 0 Å². The molecule has 112 valence electrons. The fourth-order valence-electron chi connectivity index (χ4n) is 2.73. The number of nitrogens with zero attached hydrogens (tertiary/aromatic N) is 2. The van der Waals surface area contributed by atoms with Crippen molar-refractivity contribution >= 4 is 27.6 Å². The Morgan fingerprint density at radius 3 is 2.40 bits per heavy atom. The molecule has 0 aromatic carbocycles. The van der Waals surface area contributed by atoms with Crippen molar-refractivity contribution in [3.05, 3.63) is 10.8 Å². The summed E-state index contributed by atoms with van der Waals surface area (Å²) in [7, 11) is 0. The number of nitrogens with one attached hydrogen (secondary N) is 2. The number of hydrogen-bond donors (Lipinski definition) is 2. The Morgan fingerprint density at radius 2 is 1.75 bits per heavy atom. The van der Waals surface area contributed by atoms with E-state index < -0.39 is 0 Å². The monoisotopic (exact) mass is 340 g/mol. The molecule has 20 heavy (non-hydrogen) atoms. The molecule has 0 amide bonds. The van der Waals surface area contributed by atoms with Crippen LogP contribution in [-0.4, -0.2) is 23.1 Å². The molecule has 2 N–H and O–H groups in total. The van der Waals surface area contributed by atoms with Crippen LogP contribution in [0.4, 0.5) is 11.6 Å². The van der Waals surface area contributed by atoms with E-state index in [0.29, 0.717) is 0 Å². The van der Waals surface area contributed by atoms with Gasteiger partial charge >= 0.3 is 0 Å². The van der Waals surface area contributed by atoms with E-state index in [-0.39, 0.29) is 0 Å². The summed E-state index contributed by atoms with van der Waals surface area (Å²) in [6.07, 6.45) is 11.0. The Hall–Kier alpha value is -0.840. The number of rotatable bonds is 7. The SMILES string of the molecule is CCCNc1ncnc(NCCC2CCCCC2)c1Br. The lowest BCUT2D eigenvalue weighted by Gasteiger charge is -2.21. The molecule has 0 saturated heterocycles. The number of hydrogen-bond acceptors (Lipinski definition) is 4. The molecule has 0 radical (unpaired) electrons. The third-order valence-electron chi connectivity index (χ3n) is 3.90. The molecule has 0 aliphatic heterocycles. The van der Waals surface area contributed by atoms with Gasteiger partial charge in [0.25, 0.3) is 0 Å². The minimum Gasteiger partial charge on any atom is -0.369 e. The van der Waals surface area contributed by atoms with Crippen molar-refractivity contribution in [2.45, 2.75) is 51.9 Å². The highest BCUT2D eigenvalue weighted by atomic mass is 79.9. The molecule has 4 nitrogen and oxygen atoms in total. The van der Waals surface area contributed by atoms with Crippen molar-refractivity contribution in [1.29, 1.82) is 0 Å².